The maximum absolute atomic E-state index is 14.7. The minimum absolute atomic E-state index is 0.0709. The van der Waals surface area contributed by atoms with Gasteiger partial charge in [0.05, 0.1) is 11.3 Å². The molecule has 0 spiro atoms. The van der Waals surface area contributed by atoms with E-state index >= 15 is 0 Å². The number of hydrogen-bond acceptors (Lipinski definition) is 4. The number of anilines is 1. The van der Waals surface area contributed by atoms with Crippen LogP contribution in [0.1, 0.15) is 46.2 Å². The van der Waals surface area contributed by atoms with Crippen molar-refractivity contribution >= 4 is 11.6 Å². The van der Waals surface area contributed by atoms with Crippen LogP contribution >= 0.6 is 0 Å². The highest BCUT2D eigenvalue weighted by molar-refractivity contribution is 6.04. The molecule has 4 rings (SSSR count). The summed E-state index contributed by atoms with van der Waals surface area (Å²) in [5, 5.41) is 6.10. The fraction of sp³-hybridized carbons (Fsp3) is 0.263. The highest BCUT2D eigenvalue weighted by Gasteiger charge is 2.38. The number of hydrogen-bond donors (Lipinski definition) is 1. The Morgan fingerprint density at radius 1 is 1.24 bits per heavy atom. The highest BCUT2D eigenvalue weighted by atomic mass is 19.4. The van der Waals surface area contributed by atoms with Crippen LogP contribution in [0, 0.1) is 12.7 Å². The first-order valence-corrected chi connectivity index (χ1v) is 8.79. The average Bonchev–Trinajstić information content (AvgIpc) is 3.39. The smallest absolute Gasteiger partial charge is 0.322 e. The SMILES string of the molecule is Cc1ncncc1C(=O)Nc1ccc(-n2nc(C(F)(F)F)cc2C2CC2)c(F)c1. The standard InChI is InChI=1S/C19H15F4N5O/c1-10-13(8-24-9-25-10)18(29)26-12-4-5-15(14(20)6-12)28-16(11-2-3-11)7-17(27-28)19(21,22)23/h4-9,11H,2-3H2,1H3,(H,26,29). The summed E-state index contributed by atoms with van der Waals surface area (Å²) in [7, 11) is 0. The van der Waals surface area contributed by atoms with E-state index in [0.29, 0.717) is 11.4 Å². The molecule has 0 unspecified atom stereocenters. The summed E-state index contributed by atoms with van der Waals surface area (Å²) in [4.78, 5) is 20.0. The van der Waals surface area contributed by atoms with Crippen LogP contribution in [-0.4, -0.2) is 25.7 Å². The van der Waals surface area contributed by atoms with E-state index in [1.807, 2.05) is 0 Å². The van der Waals surface area contributed by atoms with Gasteiger partial charge in [0, 0.05) is 23.5 Å². The molecule has 1 aliphatic rings. The summed E-state index contributed by atoms with van der Waals surface area (Å²) in [5.41, 5.74) is -0.00844. The number of amides is 1. The normalized spacial score (nSPS) is 14.1. The molecule has 10 heteroatoms. The number of halogens is 4. The molecule has 2 heterocycles. The molecular weight excluding hydrogens is 390 g/mol. The van der Waals surface area contributed by atoms with Gasteiger partial charge in [-0.15, -0.1) is 0 Å². The van der Waals surface area contributed by atoms with Gasteiger partial charge in [-0.25, -0.2) is 19.0 Å². The van der Waals surface area contributed by atoms with E-state index in [9.17, 15) is 22.4 Å². The lowest BCUT2D eigenvalue weighted by molar-refractivity contribution is -0.141. The van der Waals surface area contributed by atoms with Gasteiger partial charge in [0.25, 0.3) is 5.91 Å². The molecule has 0 bridgehead atoms. The van der Waals surface area contributed by atoms with Gasteiger partial charge in [0.2, 0.25) is 0 Å². The number of nitrogens with zero attached hydrogens (tertiary/aromatic N) is 4. The third-order valence-corrected chi connectivity index (χ3v) is 4.61. The van der Waals surface area contributed by atoms with Crippen LogP contribution in [0.5, 0.6) is 0 Å². The van der Waals surface area contributed by atoms with Gasteiger partial charge >= 0.3 is 6.18 Å². The van der Waals surface area contributed by atoms with Crippen molar-refractivity contribution in [3.05, 3.63) is 65.3 Å². The maximum atomic E-state index is 14.7. The quantitative estimate of drug-likeness (QED) is 0.659. The maximum Gasteiger partial charge on any atom is 0.435 e. The number of carbonyl (C=O) groups excluding carboxylic acids is 1. The fourth-order valence-corrected chi connectivity index (χ4v) is 2.97. The van der Waals surface area contributed by atoms with E-state index in [-0.39, 0.29) is 22.9 Å². The lowest BCUT2D eigenvalue weighted by Crippen LogP contribution is -2.15. The van der Waals surface area contributed by atoms with Gasteiger partial charge in [-0.2, -0.15) is 18.3 Å². The van der Waals surface area contributed by atoms with Crippen molar-refractivity contribution in [3.63, 3.8) is 0 Å². The molecule has 0 saturated heterocycles. The highest BCUT2D eigenvalue weighted by Crippen LogP contribution is 2.43. The summed E-state index contributed by atoms with van der Waals surface area (Å²) in [6.45, 7) is 1.63. The summed E-state index contributed by atoms with van der Waals surface area (Å²) in [6.07, 6.45) is -0.507. The van der Waals surface area contributed by atoms with Crippen LogP contribution in [-0.2, 0) is 6.18 Å². The molecule has 6 nitrogen and oxygen atoms in total. The number of nitrogens with one attached hydrogen (secondary N) is 1. The Balaban J connectivity index is 1.64. The molecule has 1 aliphatic carbocycles. The van der Waals surface area contributed by atoms with Crippen molar-refractivity contribution in [2.45, 2.75) is 31.9 Å². The van der Waals surface area contributed by atoms with Gasteiger partial charge in [0.15, 0.2) is 11.5 Å². The van der Waals surface area contributed by atoms with Crippen LogP contribution in [0.4, 0.5) is 23.2 Å². The molecule has 0 radical (unpaired) electrons. The second-order valence-electron chi connectivity index (χ2n) is 6.78. The van der Waals surface area contributed by atoms with Crippen molar-refractivity contribution in [2.24, 2.45) is 0 Å². The van der Waals surface area contributed by atoms with Gasteiger partial charge in [-0.3, -0.25) is 4.79 Å². The Labute approximate surface area is 162 Å². The van der Waals surface area contributed by atoms with Crippen LogP contribution in [0.3, 0.4) is 0 Å². The van der Waals surface area contributed by atoms with E-state index in [2.05, 4.69) is 20.4 Å². The number of aryl methyl sites for hydroxylation is 1. The fourth-order valence-electron chi connectivity index (χ4n) is 2.97. The average molecular weight is 405 g/mol. The zero-order valence-corrected chi connectivity index (χ0v) is 15.2. The number of aromatic nitrogens is 4. The summed E-state index contributed by atoms with van der Waals surface area (Å²) < 4.78 is 54.9. The van der Waals surface area contributed by atoms with Gasteiger partial charge in [-0.1, -0.05) is 0 Å². The second-order valence-corrected chi connectivity index (χ2v) is 6.78. The Morgan fingerprint density at radius 2 is 2.00 bits per heavy atom. The predicted molar refractivity (Wildman–Crippen MR) is 95.2 cm³/mol. The van der Waals surface area contributed by atoms with Gasteiger partial charge < -0.3 is 5.32 Å². The van der Waals surface area contributed by atoms with Crippen molar-refractivity contribution in [1.82, 2.24) is 19.7 Å². The summed E-state index contributed by atoms with van der Waals surface area (Å²) in [6, 6.07) is 4.70. The minimum atomic E-state index is -4.62. The Bertz CT molecular complexity index is 1090. The molecule has 0 aliphatic heterocycles. The topological polar surface area (TPSA) is 72.7 Å². The largest absolute Gasteiger partial charge is 0.435 e. The zero-order chi connectivity index (χ0) is 20.8. The van der Waals surface area contributed by atoms with Crippen molar-refractivity contribution in [3.8, 4) is 5.69 Å². The van der Waals surface area contributed by atoms with Gasteiger partial charge in [0.1, 0.15) is 12.0 Å². The number of benzene rings is 1. The molecule has 1 aromatic carbocycles. The summed E-state index contributed by atoms with van der Waals surface area (Å²) in [5.74, 6) is -1.40. The molecule has 1 fully saturated rings. The molecule has 2 aromatic heterocycles. The van der Waals surface area contributed by atoms with Crippen molar-refractivity contribution < 1.29 is 22.4 Å². The first kappa shape index (κ1) is 19.0. The van der Waals surface area contributed by atoms with E-state index in [1.54, 1.807) is 6.92 Å². The monoisotopic (exact) mass is 405 g/mol. The molecule has 1 saturated carbocycles. The summed E-state index contributed by atoms with van der Waals surface area (Å²) >= 11 is 0. The molecule has 1 N–H and O–H groups in total. The number of rotatable bonds is 4. The first-order valence-electron chi connectivity index (χ1n) is 8.79. The van der Waals surface area contributed by atoms with E-state index in [0.717, 1.165) is 29.7 Å². The molecular formula is C19H15F4N5O. The second kappa shape index (κ2) is 6.94. The van der Waals surface area contributed by atoms with E-state index in [1.165, 1.54) is 24.7 Å². The van der Waals surface area contributed by atoms with Crippen molar-refractivity contribution in [1.29, 1.82) is 0 Å². The molecule has 150 valence electrons. The van der Waals surface area contributed by atoms with E-state index < -0.39 is 23.6 Å². The Morgan fingerprint density at radius 3 is 2.62 bits per heavy atom. The van der Waals surface area contributed by atoms with Crippen LogP contribution in [0.15, 0.2) is 36.8 Å². The molecule has 29 heavy (non-hydrogen) atoms. The third kappa shape index (κ3) is 3.82. The van der Waals surface area contributed by atoms with Crippen LogP contribution < -0.4 is 5.32 Å². The van der Waals surface area contributed by atoms with E-state index in [4.69, 9.17) is 0 Å². The van der Waals surface area contributed by atoms with Crippen molar-refractivity contribution in [2.75, 3.05) is 5.32 Å². The first-order chi connectivity index (χ1) is 13.7. The lowest BCUT2D eigenvalue weighted by Gasteiger charge is -2.11. The van der Waals surface area contributed by atoms with Gasteiger partial charge in [-0.05, 0) is 44.0 Å². The Hall–Kier alpha value is -3.30. The number of alkyl halides is 3. The Kier molecular flexibility index (Phi) is 4.56. The third-order valence-electron chi connectivity index (χ3n) is 4.61. The number of carbonyl (C=O) groups is 1. The minimum Gasteiger partial charge on any atom is -0.322 e. The van der Waals surface area contributed by atoms with Crippen LogP contribution in [0.25, 0.3) is 5.69 Å². The molecule has 3 aromatic rings. The molecule has 1 amide bonds. The van der Waals surface area contributed by atoms with Crippen LogP contribution in [0.2, 0.25) is 0 Å². The predicted octanol–water partition coefficient (Wildman–Crippen LogP) is 4.26. The zero-order valence-electron chi connectivity index (χ0n) is 15.2. The lowest BCUT2D eigenvalue weighted by atomic mass is 10.2. The molecule has 0 atom stereocenters.